The summed E-state index contributed by atoms with van der Waals surface area (Å²) in [4.78, 5) is 11.8. The van der Waals surface area contributed by atoms with Crippen LogP contribution in [0.2, 0.25) is 5.02 Å². The van der Waals surface area contributed by atoms with Crippen LogP contribution in [0.4, 0.5) is 0 Å². The van der Waals surface area contributed by atoms with Crippen LogP contribution in [-0.4, -0.2) is 20.9 Å². The van der Waals surface area contributed by atoms with Gasteiger partial charge in [-0.25, -0.2) is 13.6 Å². The third-order valence-electron chi connectivity index (χ3n) is 3.11. The average Bonchev–Trinajstić information content (AvgIpc) is 3.11. The molecule has 3 N–H and O–H groups in total. The molecule has 0 aromatic heterocycles. The summed E-state index contributed by atoms with van der Waals surface area (Å²) in [7, 11) is -3.90. The van der Waals surface area contributed by atoms with Crippen molar-refractivity contribution in [1.29, 1.82) is 0 Å². The molecule has 1 aromatic carbocycles. The van der Waals surface area contributed by atoms with Gasteiger partial charge in [0.25, 0.3) is 5.91 Å². The van der Waals surface area contributed by atoms with Gasteiger partial charge in [0.1, 0.15) is 0 Å². The standard InChI is InChI=1S/C12H15ClN2O3S/c1-7-10(13)4-9(5-11(7)19(14,17)18)12(16)15-6-8-2-3-8/h4-5,8H,2-3,6H2,1H3,(H,15,16)(H2,14,17,18). The maximum absolute atomic E-state index is 11.9. The van der Waals surface area contributed by atoms with Gasteiger partial charge >= 0.3 is 0 Å². The van der Waals surface area contributed by atoms with E-state index in [2.05, 4.69) is 5.32 Å². The van der Waals surface area contributed by atoms with Gasteiger partial charge in [0.05, 0.1) is 4.90 Å². The van der Waals surface area contributed by atoms with Gasteiger partial charge in [-0.15, -0.1) is 0 Å². The molecule has 104 valence electrons. The number of hydrogen-bond donors (Lipinski definition) is 2. The first-order valence-corrected chi connectivity index (χ1v) is 7.82. The number of nitrogens with one attached hydrogen (secondary N) is 1. The zero-order valence-electron chi connectivity index (χ0n) is 10.4. The van der Waals surface area contributed by atoms with Crippen LogP contribution in [0.5, 0.6) is 0 Å². The van der Waals surface area contributed by atoms with Crippen molar-refractivity contribution in [2.45, 2.75) is 24.7 Å². The van der Waals surface area contributed by atoms with Crippen LogP contribution < -0.4 is 10.5 Å². The molecule has 0 atom stereocenters. The van der Waals surface area contributed by atoms with Crippen LogP contribution in [0.3, 0.4) is 0 Å². The average molecular weight is 303 g/mol. The van der Waals surface area contributed by atoms with Crippen molar-refractivity contribution >= 4 is 27.5 Å². The van der Waals surface area contributed by atoms with E-state index in [1.165, 1.54) is 12.1 Å². The van der Waals surface area contributed by atoms with Crippen LogP contribution >= 0.6 is 11.6 Å². The van der Waals surface area contributed by atoms with Gasteiger partial charge in [0.2, 0.25) is 10.0 Å². The van der Waals surface area contributed by atoms with Crippen molar-refractivity contribution in [2.24, 2.45) is 11.1 Å². The number of benzene rings is 1. The predicted molar refractivity (Wildman–Crippen MR) is 72.6 cm³/mol. The van der Waals surface area contributed by atoms with E-state index in [0.29, 0.717) is 18.0 Å². The summed E-state index contributed by atoms with van der Waals surface area (Å²) in [5.41, 5.74) is 0.559. The van der Waals surface area contributed by atoms with E-state index in [4.69, 9.17) is 16.7 Å². The number of halogens is 1. The molecule has 5 nitrogen and oxygen atoms in total. The third kappa shape index (κ3) is 3.46. The molecule has 2 rings (SSSR count). The number of nitrogens with two attached hydrogens (primary N) is 1. The molecule has 1 aliphatic carbocycles. The molecular formula is C12H15ClN2O3S. The third-order valence-corrected chi connectivity index (χ3v) is 4.54. The second-order valence-corrected chi connectivity index (χ2v) is 6.72. The lowest BCUT2D eigenvalue weighted by atomic mass is 10.1. The van der Waals surface area contributed by atoms with Crippen LogP contribution in [0.25, 0.3) is 0 Å². The minimum absolute atomic E-state index is 0.114. The Kier molecular flexibility index (Phi) is 3.85. The fourth-order valence-corrected chi connectivity index (χ4v) is 2.84. The molecule has 7 heteroatoms. The monoisotopic (exact) mass is 302 g/mol. The Balaban J connectivity index is 2.30. The molecule has 1 fully saturated rings. The molecule has 1 aliphatic rings. The van der Waals surface area contributed by atoms with Gasteiger partial charge in [-0.2, -0.15) is 0 Å². The number of hydrogen-bond acceptors (Lipinski definition) is 3. The molecule has 0 heterocycles. The highest BCUT2D eigenvalue weighted by Crippen LogP contribution is 2.28. The van der Waals surface area contributed by atoms with Gasteiger partial charge in [-0.1, -0.05) is 11.6 Å². The predicted octanol–water partition coefficient (Wildman–Crippen LogP) is 1.44. The molecule has 19 heavy (non-hydrogen) atoms. The number of carbonyl (C=O) groups excluding carboxylic acids is 1. The summed E-state index contributed by atoms with van der Waals surface area (Å²) in [6.07, 6.45) is 2.24. The topological polar surface area (TPSA) is 89.3 Å². The molecule has 1 saturated carbocycles. The first-order valence-electron chi connectivity index (χ1n) is 5.90. The molecule has 0 aliphatic heterocycles. The zero-order chi connectivity index (χ0) is 14.2. The van der Waals surface area contributed by atoms with Gasteiger partial charge in [-0.3, -0.25) is 4.79 Å². The Morgan fingerprint density at radius 2 is 2.11 bits per heavy atom. The van der Waals surface area contributed by atoms with Gasteiger partial charge in [0, 0.05) is 17.1 Å². The number of carbonyl (C=O) groups is 1. The lowest BCUT2D eigenvalue weighted by Crippen LogP contribution is -2.26. The number of rotatable bonds is 4. The molecule has 0 bridgehead atoms. The lowest BCUT2D eigenvalue weighted by molar-refractivity contribution is 0.0951. The fraction of sp³-hybridized carbons (Fsp3) is 0.417. The Hall–Kier alpha value is -1.11. The quantitative estimate of drug-likeness (QED) is 0.882. The Morgan fingerprint density at radius 3 is 2.63 bits per heavy atom. The van der Waals surface area contributed by atoms with Crippen molar-refractivity contribution < 1.29 is 13.2 Å². The number of sulfonamides is 1. The van der Waals surface area contributed by atoms with Crippen molar-refractivity contribution in [1.82, 2.24) is 5.32 Å². The number of primary sulfonamides is 1. The summed E-state index contributed by atoms with van der Waals surface area (Å²) in [6, 6.07) is 2.71. The largest absolute Gasteiger partial charge is 0.352 e. The highest BCUT2D eigenvalue weighted by molar-refractivity contribution is 7.89. The summed E-state index contributed by atoms with van der Waals surface area (Å²) in [6.45, 7) is 2.16. The highest BCUT2D eigenvalue weighted by atomic mass is 35.5. The van der Waals surface area contributed by atoms with Gasteiger partial charge < -0.3 is 5.32 Å². The molecular weight excluding hydrogens is 288 g/mol. The van der Waals surface area contributed by atoms with E-state index in [0.717, 1.165) is 12.8 Å². The fourth-order valence-electron chi connectivity index (χ4n) is 1.74. The van der Waals surface area contributed by atoms with Gasteiger partial charge in [0.15, 0.2) is 0 Å². The summed E-state index contributed by atoms with van der Waals surface area (Å²) >= 11 is 5.94. The van der Waals surface area contributed by atoms with Crippen molar-refractivity contribution in [3.63, 3.8) is 0 Å². The molecule has 0 spiro atoms. The smallest absolute Gasteiger partial charge is 0.251 e. The van der Waals surface area contributed by atoms with E-state index in [-0.39, 0.29) is 21.4 Å². The minimum Gasteiger partial charge on any atom is -0.352 e. The van der Waals surface area contributed by atoms with E-state index in [9.17, 15) is 13.2 Å². The summed E-state index contributed by atoms with van der Waals surface area (Å²) in [5, 5.41) is 8.07. The van der Waals surface area contributed by atoms with E-state index in [1.807, 2.05) is 0 Å². The summed E-state index contributed by atoms with van der Waals surface area (Å²) in [5.74, 6) is 0.210. The molecule has 1 amide bonds. The Bertz CT molecular complexity index is 624. The first kappa shape index (κ1) is 14.3. The Morgan fingerprint density at radius 1 is 1.47 bits per heavy atom. The second kappa shape index (κ2) is 5.11. The van der Waals surface area contributed by atoms with Crippen molar-refractivity contribution in [3.05, 3.63) is 28.3 Å². The van der Waals surface area contributed by atoms with Crippen molar-refractivity contribution in [2.75, 3.05) is 6.54 Å². The molecule has 1 aromatic rings. The van der Waals surface area contributed by atoms with Gasteiger partial charge in [-0.05, 0) is 43.4 Å². The minimum atomic E-state index is -3.90. The van der Waals surface area contributed by atoms with Crippen LogP contribution in [0, 0.1) is 12.8 Å². The second-order valence-electron chi connectivity index (χ2n) is 4.78. The van der Waals surface area contributed by atoms with E-state index in [1.54, 1.807) is 6.92 Å². The lowest BCUT2D eigenvalue weighted by Gasteiger charge is -2.10. The zero-order valence-corrected chi connectivity index (χ0v) is 12.0. The molecule has 0 saturated heterocycles. The number of amides is 1. The van der Waals surface area contributed by atoms with Crippen LogP contribution in [-0.2, 0) is 10.0 Å². The molecule has 0 radical (unpaired) electrons. The van der Waals surface area contributed by atoms with E-state index >= 15 is 0 Å². The SMILES string of the molecule is Cc1c(Cl)cc(C(=O)NCC2CC2)cc1S(N)(=O)=O. The maximum atomic E-state index is 11.9. The first-order chi connectivity index (χ1) is 8.79. The van der Waals surface area contributed by atoms with Crippen molar-refractivity contribution in [3.8, 4) is 0 Å². The molecule has 0 unspecified atom stereocenters. The van der Waals surface area contributed by atoms with Crippen LogP contribution in [0.15, 0.2) is 17.0 Å². The van der Waals surface area contributed by atoms with Crippen LogP contribution in [0.1, 0.15) is 28.8 Å². The Labute approximate surface area is 117 Å². The maximum Gasteiger partial charge on any atom is 0.251 e. The normalized spacial score (nSPS) is 15.3. The van der Waals surface area contributed by atoms with E-state index < -0.39 is 10.0 Å². The summed E-state index contributed by atoms with van der Waals surface area (Å²) < 4.78 is 22.9. The highest BCUT2D eigenvalue weighted by Gasteiger charge is 2.23.